The number of amides is 2. The molecule has 1 fully saturated rings. The first-order valence-corrected chi connectivity index (χ1v) is 14.5. The quantitative estimate of drug-likeness (QED) is 0.345. The fourth-order valence-corrected chi connectivity index (χ4v) is 6.02. The third-order valence-corrected chi connectivity index (χ3v) is 8.42. The van der Waals surface area contributed by atoms with Crippen molar-refractivity contribution in [3.63, 3.8) is 0 Å². The third kappa shape index (κ3) is 5.22. The van der Waals surface area contributed by atoms with E-state index < -0.39 is 6.04 Å². The van der Waals surface area contributed by atoms with Gasteiger partial charge in [0.1, 0.15) is 11.9 Å². The standard InChI is InChI=1S/C31H32N6O2S/c1-21(2)35-13-15-36(16-14-35)27-11-10-24(19-33-27)23-8-9-25-20-37(30(39)26(25)18-23)28(22-6-4-3-5-7-22)29(38)34-31-32-12-17-40-31/h3-12,17-19,21,28H,13-16,20H2,1-2H3,(H,32,34,38). The monoisotopic (exact) mass is 552 g/mol. The molecule has 2 amide bonds. The summed E-state index contributed by atoms with van der Waals surface area (Å²) in [7, 11) is 0. The van der Waals surface area contributed by atoms with Crippen LogP contribution >= 0.6 is 11.3 Å². The van der Waals surface area contributed by atoms with Gasteiger partial charge in [0.25, 0.3) is 11.8 Å². The Morgan fingerprint density at radius 2 is 1.73 bits per heavy atom. The maximum absolute atomic E-state index is 13.7. The number of nitrogens with one attached hydrogen (secondary N) is 1. The minimum atomic E-state index is -0.773. The minimum Gasteiger partial charge on any atom is -0.354 e. The molecule has 2 aliphatic rings. The molecule has 1 unspecified atom stereocenters. The van der Waals surface area contributed by atoms with Gasteiger partial charge in [-0.05, 0) is 48.7 Å². The summed E-state index contributed by atoms with van der Waals surface area (Å²) in [6, 6.07) is 19.3. The molecule has 6 rings (SSSR count). The van der Waals surface area contributed by atoms with Crippen LogP contribution in [0.5, 0.6) is 0 Å². The zero-order valence-corrected chi connectivity index (χ0v) is 23.5. The summed E-state index contributed by atoms with van der Waals surface area (Å²) in [4.78, 5) is 42.6. The number of pyridine rings is 1. The SMILES string of the molecule is CC(C)N1CCN(c2ccc(-c3ccc4c(c3)C(=O)N(C(C(=O)Nc3nccs3)c3ccccc3)C4)cn2)CC1. The Hall–Kier alpha value is -4.08. The summed E-state index contributed by atoms with van der Waals surface area (Å²) < 4.78 is 0. The predicted octanol–water partition coefficient (Wildman–Crippen LogP) is 5.07. The molecular weight excluding hydrogens is 520 g/mol. The van der Waals surface area contributed by atoms with Gasteiger partial charge in [-0.1, -0.05) is 42.5 Å². The van der Waals surface area contributed by atoms with Crippen LogP contribution in [0, 0.1) is 0 Å². The number of thiazole rings is 1. The number of rotatable bonds is 7. The van der Waals surface area contributed by atoms with Gasteiger partial charge in [-0.2, -0.15) is 0 Å². The van der Waals surface area contributed by atoms with E-state index in [9.17, 15) is 9.59 Å². The highest BCUT2D eigenvalue weighted by Crippen LogP contribution is 2.35. The normalized spacial score (nSPS) is 16.3. The van der Waals surface area contributed by atoms with Crippen LogP contribution in [-0.2, 0) is 11.3 Å². The number of hydrogen-bond acceptors (Lipinski definition) is 7. The van der Waals surface area contributed by atoms with Crippen molar-refractivity contribution in [2.45, 2.75) is 32.5 Å². The van der Waals surface area contributed by atoms with Crippen LogP contribution in [0.2, 0.25) is 0 Å². The van der Waals surface area contributed by atoms with E-state index >= 15 is 0 Å². The molecule has 204 valence electrons. The van der Waals surface area contributed by atoms with E-state index in [1.54, 1.807) is 16.5 Å². The van der Waals surface area contributed by atoms with E-state index in [2.05, 4.69) is 46.1 Å². The number of benzene rings is 2. The van der Waals surface area contributed by atoms with E-state index in [-0.39, 0.29) is 11.8 Å². The molecule has 1 atom stereocenters. The van der Waals surface area contributed by atoms with Crippen LogP contribution in [-0.4, -0.2) is 63.8 Å². The summed E-state index contributed by atoms with van der Waals surface area (Å²) in [6.07, 6.45) is 3.53. The molecule has 0 radical (unpaired) electrons. The molecule has 8 nitrogen and oxygen atoms in total. The van der Waals surface area contributed by atoms with Crippen LogP contribution in [0.1, 0.15) is 41.4 Å². The Bertz CT molecular complexity index is 1480. The molecule has 2 aromatic heterocycles. The number of carbonyl (C=O) groups excluding carboxylic acids is 2. The van der Waals surface area contributed by atoms with Crippen LogP contribution in [0.15, 0.2) is 78.4 Å². The summed E-state index contributed by atoms with van der Waals surface area (Å²) in [5.41, 5.74) is 4.17. The molecule has 4 aromatic rings. The number of nitrogens with zero attached hydrogens (tertiary/aromatic N) is 5. The van der Waals surface area contributed by atoms with Crippen molar-refractivity contribution in [2.24, 2.45) is 0 Å². The predicted molar refractivity (Wildman–Crippen MR) is 158 cm³/mol. The zero-order chi connectivity index (χ0) is 27.6. The molecule has 2 aliphatic heterocycles. The second kappa shape index (κ2) is 11.2. The van der Waals surface area contributed by atoms with E-state index in [4.69, 9.17) is 4.98 Å². The summed E-state index contributed by atoms with van der Waals surface area (Å²) in [6.45, 7) is 8.84. The number of hydrogen-bond donors (Lipinski definition) is 1. The van der Waals surface area contributed by atoms with Crippen LogP contribution < -0.4 is 10.2 Å². The molecule has 9 heteroatoms. The fourth-order valence-electron chi connectivity index (χ4n) is 5.49. The average molecular weight is 553 g/mol. The Kier molecular flexibility index (Phi) is 7.32. The Balaban J connectivity index is 1.21. The molecule has 1 saturated heterocycles. The van der Waals surface area contributed by atoms with Gasteiger partial charge in [0, 0.05) is 67.7 Å². The van der Waals surface area contributed by atoms with Crippen LogP contribution in [0.4, 0.5) is 10.9 Å². The molecule has 0 spiro atoms. The van der Waals surface area contributed by atoms with E-state index in [0.29, 0.717) is 23.3 Å². The Labute approximate surface area is 238 Å². The van der Waals surface area contributed by atoms with Crippen molar-refractivity contribution in [3.05, 3.63) is 95.1 Å². The van der Waals surface area contributed by atoms with Gasteiger partial charge in [0.15, 0.2) is 5.13 Å². The maximum Gasteiger partial charge on any atom is 0.255 e. The van der Waals surface area contributed by atoms with E-state index in [0.717, 1.165) is 54.3 Å². The van der Waals surface area contributed by atoms with E-state index in [1.165, 1.54) is 11.3 Å². The van der Waals surface area contributed by atoms with Gasteiger partial charge in [-0.15, -0.1) is 11.3 Å². The first-order chi connectivity index (χ1) is 19.5. The topological polar surface area (TPSA) is 81.7 Å². The highest BCUT2D eigenvalue weighted by atomic mass is 32.1. The molecule has 2 aromatic carbocycles. The Morgan fingerprint density at radius 3 is 2.40 bits per heavy atom. The smallest absolute Gasteiger partial charge is 0.255 e. The summed E-state index contributed by atoms with van der Waals surface area (Å²) in [5, 5.41) is 5.20. The van der Waals surface area contributed by atoms with Gasteiger partial charge in [-0.3, -0.25) is 19.8 Å². The lowest BCUT2D eigenvalue weighted by atomic mass is 10.0. The lowest BCUT2D eigenvalue weighted by Crippen LogP contribution is -2.49. The summed E-state index contributed by atoms with van der Waals surface area (Å²) >= 11 is 1.35. The number of fused-ring (bicyclic) bond motifs is 1. The molecule has 4 heterocycles. The Morgan fingerprint density at radius 1 is 0.950 bits per heavy atom. The van der Waals surface area contributed by atoms with Crippen LogP contribution in [0.25, 0.3) is 11.1 Å². The summed E-state index contributed by atoms with van der Waals surface area (Å²) in [5.74, 6) is 0.539. The first-order valence-electron chi connectivity index (χ1n) is 13.6. The van der Waals surface area contributed by atoms with Gasteiger partial charge in [0.05, 0.1) is 0 Å². The zero-order valence-electron chi connectivity index (χ0n) is 22.7. The number of aromatic nitrogens is 2. The molecule has 0 bridgehead atoms. The fraction of sp³-hybridized carbons (Fsp3) is 0.290. The van der Waals surface area contributed by atoms with Crippen molar-refractivity contribution >= 4 is 34.1 Å². The second-order valence-electron chi connectivity index (χ2n) is 10.5. The minimum absolute atomic E-state index is 0.160. The second-order valence-corrected chi connectivity index (χ2v) is 11.4. The third-order valence-electron chi connectivity index (χ3n) is 7.73. The van der Waals surface area contributed by atoms with E-state index in [1.807, 2.05) is 54.7 Å². The number of piperazine rings is 1. The van der Waals surface area contributed by atoms with Gasteiger partial charge in [-0.25, -0.2) is 9.97 Å². The average Bonchev–Trinajstić information content (AvgIpc) is 3.61. The first kappa shape index (κ1) is 26.2. The van der Waals surface area contributed by atoms with Gasteiger partial charge in [0.2, 0.25) is 0 Å². The van der Waals surface area contributed by atoms with Crippen LogP contribution in [0.3, 0.4) is 0 Å². The number of carbonyl (C=O) groups is 2. The molecule has 1 N–H and O–H groups in total. The molecule has 0 aliphatic carbocycles. The van der Waals surface area contributed by atoms with Crippen molar-refractivity contribution in [1.29, 1.82) is 0 Å². The highest BCUT2D eigenvalue weighted by molar-refractivity contribution is 7.13. The van der Waals surface area contributed by atoms with Gasteiger partial charge < -0.3 is 9.80 Å². The number of anilines is 2. The van der Waals surface area contributed by atoms with Gasteiger partial charge >= 0.3 is 0 Å². The highest BCUT2D eigenvalue weighted by Gasteiger charge is 2.37. The van der Waals surface area contributed by atoms with Crippen molar-refractivity contribution in [1.82, 2.24) is 19.8 Å². The van der Waals surface area contributed by atoms with Crippen molar-refractivity contribution in [3.8, 4) is 11.1 Å². The molecule has 40 heavy (non-hydrogen) atoms. The lowest BCUT2D eigenvalue weighted by molar-refractivity contribution is -0.120. The van der Waals surface area contributed by atoms with Crippen molar-refractivity contribution < 1.29 is 9.59 Å². The maximum atomic E-state index is 13.7. The largest absolute Gasteiger partial charge is 0.354 e. The molecular formula is C31H32N6O2S. The van der Waals surface area contributed by atoms with Crippen molar-refractivity contribution in [2.75, 3.05) is 36.4 Å². The lowest BCUT2D eigenvalue weighted by Gasteiger charge is -2.37. The molecule has 0 saturated carbocycles.